The van der Waals surface area contributed by atoms with Crippen LogP contribution >= 0.6 is 11.6 Å². The fraction of sp³-hybridized carbons (Fsp3) is 0.250. The zero-order valence-corrected chi connectivity index (χ0v) is 16.6. The third kappa shape index (κ3) is 7.40. The Balaban J connectivity index is 2.13. The predicted octanol–water partition coefficient (Wildman–Crippen LogP) is 3.84. The molecule has 0 bridgehead atoms. The standard InChI is InChI=1S/C20H19ClF3N3O3/c1-12(28)26-17(13-6-8-14(21)9-7-13)10-18(29)27-16-5-3-2-4-15(16)19(30)25-11-20(22,23)24/h2-9,17H,10-11H2,1H3,(H,25,30)(H,26,28)(H,27,29). The Kier molecular flexibility index (Phi) is 7.82. The minimum absolute atomic E-state index is 0.0554. The van der Waals surface area contributed by atoms with Gasteiger partial charge in [-0.25, -0.2) is 0 Å². The summed E-state index contributed by atoms with van der Waals surface area (Å²) < 4.78 is 37.0. The van der Waals surface area contributed by atoms with Gasteiger partial charge >= 0.3 is 6.18 Å². The van der Waals surface area contributed by atoms with Crippen LogP contribution < -0.4 is 16.0 Å². The number of hydrogen-bond acceptors (Lipinski definition) is 3. The van der Waals surface area contributed by atoms with Crippen molar-refractivity contribution in [2.75, 3.05) is 11.9 Å². The number of hydrogen-bond donors (Lipinski definition) is 3. The summed E-state index contributed by atoms with van der Waals surface area (Å²) in [6.45, 7) is -0.184. The molecule has 0 heterocycles. The minimum atomic E-state index is -4.56. The molecule has 0 aliphatic heterocycles. The lowest BCUT2D eigenvalue weighted by atomic mass is 10.0. The molecule has 6 nitrogen and oxygen atoms in total. The van der Waals surface area contributed by atoms with Crippen molar-refractivity contribution in [3.05, 3.63) is 64.7 Å². The number of carbonyl (C=O) groups excluding carboxylic acids is 3. The van der Waals surface area contributed by atoms with Crippen molar-refractivity contribution in [2.24, 2.45) is 0 Å². The molecule has 0 saturated carbocycles. The van der Waals surface area contributed by atoms with Gasteiger partial charge in [-0.2, -0.15) is 13.2 Å². The Morgan fingerprint density at radius 3 is 2.27 bits per heavy atom. The maximum absolute atomic E-state index is 12.5. The molecule has 3 N–H and O–H groups in total. The topological polar surface area (TPSA) is 87.3 Å². The highest BCUT2D eigenvalue weighted by Crippen LogP contribution is 2.22. The summed E-state index contributed by atoms with van der Waals surface area (Å²) in [5, 5.41) is 7.43. The van der Waals surface area contributed by atoms with Gasteiger partial charge in [0.15, 0.2) is 0 Å². The lowest BCUT2D eigenvalue weighted by Crippen LogP contribution is -2.34. The summed E-state index contributed by atoms with van der Waals surface area (Å²) >= 11 is 5.86. The molecule has 10 heteroatoms. The number of anilines is 1. The third-order valence-corrected chi connectivity index (χ3v) is 4.19. The molecule has 160 valence electrons. The van der Waals surface area contributed by atoms with Crippen molar-refractivity contribution < 1.29 is 27.6 Å². The van der Waals surface area contributed by atoms with Crippen molar-refractivity contribution in [3.63, 3.8) is 0 Å². The Morgan fingerprint density at radius 1 is 1.03 bits per heavy atom. The molecule has 0 aliphatic carbocycles. The van der Waals surface area contributed by atoms with Gasteiger partial charge in [-0.1, -0.05) is 35.9 Å². The maximum atomic E-state index is 12.5. The number of benzene rings is 2. The van der Waals surface area contributed by atoms with E-state index in [0.717, 1.165) is 0 Å². The molecule has 0 saturated heterocycles. The van der Waals surface area contributed by atoms with Crippen LogP contribution in [0.3, 0.4) is 0 Å². The highest BCUT2D eigenvalue weighted by Gasteiger charge is 2.28. The van der Waals surface area contributed by atoms with E-state index in [1.54, 1.807) is 29.6 Å². The molecule has 0 aromatic heterocycles. The van der Waals surface area contributed by atoms with E-state index in [2.05, 4.69) is 10.6 Å². The van der Waals surface area contributed by atoms with E-state index >= 15 is 0 Å². The van der Waals surface area contributed by atoms with Gasteiger partial charge in [0, 0.05) is 11.9 Å². The average Bonchev–Trinajstić information content (AvgIpc) is 2.65. The number of para-hydroxylation sites is 1. The molecular formula is C20H19ClF3N3O3. The van der Waals surface area contributed by atoms with Gasteiger partial charge in [0.1, 0.15) is 6.54 Å². The zero-order valence-electron chi connectivity index (χ0n) is 15.8. The number of carbonyl (C=O) groups is 3. The van der Waals surface area contributed by atoms with Crippen molar-refractivity contribution in [2.45, 2.75) is 25.6 Å². The highest BCUT2D eigenvalue weighted by atomic mass is 35.5. The number of alkyl halides is 3. The summed E-state index contributed by atoms with van der Waals surface area (Å²) in [5.74, 6) is -1.87. The van der Waals surface area contributed by atoms with Gasteiger partial charge in [-0.05, 0) is 29.8 Å². The SMILES string of the molecule is CC(=O)NC(CC(=O)Nc1ccccc1C(=O)NCC(F)(F)F)c1ccc(Cl)cc1. The quantitative estimate of drug-likeness (QED) is 0.610. The van der Waals surface area contributed by atoms with Crippen molar-refractivity contribution >= 4 is 35.0 Å². The van der Waals surface area contributed by atoms with E-state index in [1.165, 1.54) is 31.2 Å². The lowest BCUT2D eigenvalue weighted by Gasteiger charge is -2.19. The van der Waals surface area contributed by atoms with Gasteiger partial charge in [0.05, 0.1) is 23.7 Å². The second-order valence-electron chi connectivity index (χ2n) is 6.40. The predicted molar refractivity (Wildman–Crippen MR) is 106 cm³/mol. The number of amides is 3. The Labute approximate surface area is 175 Å². The van der Waals surface area contributed by atoms with Crippen LogP contribution in [-0.4, -0.2) is 30.4 Å². The first-order valence-electron chi connectivity index (χ1n) is 8.81. The van der Waals surface area contributed by atoms with Crippen LogP contribution in [-0.2, 0) is 9.59 Å². The number of rotatable bonds is 7. The lowest BCUT2D eigenvalue weighted by molar-refractivity contribution is -0.123. The van der Waals surface area contributed by atoms with Crippen LogP contribution in [0.25, 0.3) is 0 Å². The molecule has 2 rings (SSSR count). The normalized spacial score (nSPS) is 12.0. The summed E-state index contributed by atoms with van der Waals surface area (Å²) in [6.07, 6.45) is -4.72. The first-order chi connectivity index (χ1) is 14.0. The smallest absolute Gasteiger partial charge is 0.349 e. The average molecular weight is 442 g/mol. The van der Waals surface area contributed by atoms with Crippen LogP contribution in [0.4, 0.5) is 18.9 Å². The summed E-state index contributed by atoms with van der Waals surface area (Å²) in [6, 6.07) is 11.6. The van der Waals surface area contributed by atoms with E-state index in [0.29, 0.717) is 10.6 Å². The summed E-state index contributed by atoms with van der Waals surface area (Å²) in [5.41, 5.74) is 0.582. The molecule has 30 heavy (non-hydrogen) atoms. The van der Waals surface area contributed by atoms with E-state index < -0.39 is 30.6 Å². The van der Waals surface area contributed by atoms with Gasteiger partial charge in [0.2, 0.25) is 11.8 Å². The molecule has 0 spiro atoms. The highest BCUT2D eigenvalue weighted by molar-refractivity contribution is 6.30. The zero-order chi connectivity index (χ0) is 22.3. The van der Waals surface area contributed by atoms with Gasteiger partial charge in [0.25, 0.3) is 5.91 Å². The fourth-order valence-electron chi connectivity index (χ4n) is 2.65. The Morgan fingerprint density at radius 2 is 1.67 bits per heavy atom. The van der Waals surface area contributed by atoms with E-state index in [1.807, 2.05) is 0 Å². The molecule has 1 atom stereocenters. The summed E-state index contributed by atoms with van der Waals surface area (Å²) in [7, 11) is 0. The van der Waals surface area contributed by atoms with Gasteiger partial charge < -0.3 is 16.0 Å². The molecule has 0 radical (unpaired) electrons. The monoisotopic (exact) mass is 441 g/mol. The molecule has 2 aromatic carbocycles. The third-order valence-electron chi connectivity index (χ3n) is 3.93. The number of halogens is 4. The molecule has 3 amide bonds. The van der Waals surface area contributed by atoms with Crippen LogP contribution in [0.5, 0.6) is 0 Å². The van der Waals surface area contributed by atoms with Gasteiger partial charge in [-0.3, -0.25) is 14.4 Å². The molecule has 0 aliphatic rings. The van der Waals surface area contributed by atoms with Crippen LogP contribution in [0.1, 0.15) is 35.3 Å². The van der Waals surface area contributed by atoms with Crippen molar-refractivity contribution in [1.82, 2.24) is 10.6 Å². The molecular weight excluding hydrogens is 423 g/mol. The Hall–Kier alpha value is -3.07. The summed E-state index contributed by atoms with van der Waals surface area (Å²) in [4.78, 5) is 36.1. The van der Waals surface area contributed by atoms with Crippen LogP contribution in [0, 0.1) is 0 Å². The number of nitrogens with one attached hydrogen (secondary N) is 3. The maximum Gasteiger partial charge on any atom is 0.405 e. The first-order valence-corrected chi connectivity index (χ1v) is 9.19. The van der Waals surface area contributed by atoms with Crippen LogP contribution in [0.15, 0.2) is 48.5 Å². The van der Waals surface area contributed by atoms with E-state index in [4.69, 9.17) is 11.6 Å². The van der Waals surface area contributed by atoms with E-state index in [-0.39, 0.29) is 23.6 Å². The molecule has 0 fully saturated rings. The van der Waals surface area contributed by atoms with Gasteiger partial charge in [-0.15, -0.1) is 0 Å². The molecule has 1 unspecified atom stereocenters. The van der Waals surface area contributed by atoms with Crippen molar-refractivity contribution in [1.29, 1.82) is 0 Å². The minimum Gasteiger partial charge on any atom is -0.349 e. The van der Waals surface area contributed by atoms with Crippen LogP contribution in [0.2, 0.25) is 5.02 Å². The molecule has 2 aromatic rings. The second kappa shape index (κ2) is 10.1. The largest absolute Gasteiger partial charge is 0.405 e. The van der Waals surface area contributed by atoms with Crippen molar-refractivity contribution in [3.8, 4) is 0 Å². The second-order valence-corrected chi connectivity index (χ2v) is 6.84. The fourth-order valence-corrected chi connectivity index (χ4v) is 2.77. The van der Waals surface area contributed by atoms with E-state index in [9.17, 15) is 27.6 Å². The Bertz CT molecular complexity index is 918. The first kappa shape index (κ1) is 23.2.